The second-order valence-electron chi connectivity index (χ2n) is 6.24. The van der Waals surface area contributed by atoms with Gasteiger partial charge >= 0.3 is 6.03 Å². The zero-order valence-corrected chi connectivity index (χ0v) is 14.1. The molecule has 0 spiro atoms. The predicted molar refractivity (Wildman–Crippen MR) is 92.2 cm³/mol. The first kappa shape index (κ1) is 16.2. The summed E-state index contributed by atoms with van der Waals surface area (Å²) in [7, 11) is 1.75. The van der Waals surface area contributed by atoms with Gasteiger partial charge in [-0.15, -0.1) is 0 Å². The van der Waals surface area contributed by atoms with Gasteiger partial charge in [0.1, 0.15) is 18.1 Å². The molecule has 0 radical (unpaired) electrons. The molecule has 2 aromatic carbocycles. The number of carbonyl (C=O) groups is 1. The number of nitrogens with one attached hydrogen (secondary N) is 1. The van der Waals surface area contributed by atoms with Gasteiger partial charge in [0.2, 0.25) is 0 Å². The fraction of sp³-hybridized carbons (Fsp3) is 0.316. The van der Waals surface area contributed by atoms with Crippen LogP contribution in [-0.4, -0.2) is 29.7 Å². The smallest absolute Gasteiger partial charge is 0.318 e. The van der Waals surface area contributed by atoms with Crippen molar-refractivity contribution in [3.63, 3.8) is 0 Å². The summed E-state index contributed by atoms with van der Waals surface area (Å²) < 4.78 is 5.64. The van der Waals surface area contributed by atoms with Crippen LogP contribution in [-0.2, 0) is 0 Å². The molecule has 2 amide bonds. The Bertz CT molecular complexity index is 760. The summed E-state index contributed by atoms with van der Waals surface area (Å²) >= 11 is 0. The van der Waals surface area contributed by atoms with Gasteiger partial charge in [-0.3, -0.25) is 0 Å². The summed E-state index contributed by atoms with van der Waals surface area (Å²) in [4.78, 5) is 14.2. The molecule has 0 saturated carbocycles. The van der Waals surface area contributed by atoms with Gasteiger partial charge in [-0.25, -0.2) is 4.79 Å². The number of hydrogen-bond acceptors (Lipinski definition) is 3. The number of phenols is 1. The van der Waals surface area contributed by atoms with Crippen molar-refractivity contribution >= 4 is 6.03 Å². The molecule has 5 nitrogen and oxygen atoms in total. The first-order valence-corrected chi connectivity index (χ1v) is 8.01. The zero-order chi connectivity index (χ0) is 17.3. The lowest BCUT2D eigenvalue weighted by Crippen LogP contribution is -2.41. The number of hydrogen-bond donors (Lipinski definition) is 2. The molecule has 0 aromatic heterocycles. The Morgan fingerprint density at radius 2 is 2.12 bits per heavy atom. The van der Waals surface area contributed by atoms with Crippen molar-refractivity contribution < 1.29 is 14.6 Å². The number of aryl methyl sites for hydroxylation is 1. The van der Waals surface area contributed by atoms with Crippen LogP contribution < -0.4 is 10.1 Å². The highest BCUT2D eigenvalue weighted by Gasteiger charge is 2.28. The molecule has 5 heteroatoms. The van der Waals surface area contributed by atoms with Gasteiger partial charge in [0.05, 0.1) is 12.1 Å². The number of amides is 2. The highest BCUT2D eigenvalue weighted by atomic mass is 16.5. The molecule has 3 rings (SSSR count). The third-order valence-electron chi connectivity index (χ3n) is 4.50. The van der Waals surface area contributed by atoms with Crippen LogP contribution >= 0.6 is 0 Å². The largest absolute Gasteiger partial charge is 0.508 e. The Hall–Kier alpha value is -2.69. The average molecular weight is 326 g/mol. The number of rotatable bonds is 3. The standard InChI is InChI=1S/C19H22N2O3/c1-12-7-8-18-16(9-12)17(11-24-18)20-19(23)21(3)13(2)14-5-4-6-15(22)10-14/h4-10,13,17,22H,11H2,1-3H3,(H,20,23)/t13-,17+/m1/s1. The van der Waals surface area contributed by atoms with Gasteiger partial charge in [-0.2, -0.15) is 0 Å². The monoisotopic (exact) mass is 326 g/mol. The van der Waals surface area contributed by atoms with E-state index < -0.39 is 0 Å². The van der Waals surface area contributed by atoms with Crippen LogP contribution in [0.25, 0.3) is 0 Å². The zero-order valence-electron chi connectivity index (χ0n) is 14.1. The van der Waals surface area contributed by atoms with Crippen molar-refractivity contribution in [1.29, 1.82) is 0 Å². The van der Waals surface area contributed by atoms with Crippen molar-refractivity contribution in [3.05, 3.63) is 59.2 Å². The molecule has 1 aliphatic rings. The van der Waals surface area contributed by atoms with Gasteiger partial charge in [-0.1, -0.05) is 29.8 Å². The minimum Gasteiger partial charge on any atom is -0.508 e. The number of fused-ring (bicyclic) bond motifs is 1. The number of ether oxygens (including phenoxy) is 1. The lowest BCUT2D eigenvalue weighted by Gasteiger charge is -2.27. The van der Waals surface area contributed by atoms with Crippen molar-refractivity contribution in [2.24, 2.45) is 0 Å². The molecule has 24 heavy (non-hydrogen) atoms. The molecule has 126 valence electrons. The Kier molecular flexibility index (Phi) is 4.34. The van der Waals surface area contributed by atoms with Crippen LogP contribution in [0.3, 0.4) is 0 Å². The molecular weight excluding hydrogens is 304 g/mol. The average Bonchev–Trinajstić information content (AvgIpc) is 2.95. The summed E-state index contributed by atoms with van der Waals surface area (Å²) in [6, 6.07) is 12.5. The van der Waals surface area contributed by atoms with Crippen molar-refractivity contribution in [2.45, 2.75) is 25.9 Å². The van der Waals surface area contributed by atoms with Crippen molar-refractivity contribution in [2.75, 3.05) is 13.7 Å². The van der Waals surface area contributed by atoms with Crippen LogP contribution in [0.4, 0.5) is 4.79 Å². The van der Waals surface area contributed by atoms with E-state index in [0.29, 0.717) is 6.61 Å². The molecule has 1 heterocycles. The van der Waals surface area contributed by atoms with Crippen molar-refractivity contribution in [3.8, 4) is 11.5 Å². The molecule has 2 atom stereocenters. The summed E-state index contributed by atoms with van der Waals surface area (Å²) in [5.74, 6) is 1.02. The first-order valence-electron chi connectivity index (χ1n) is 8.01. The van der Waals surface area contributed by atoms with Gasteiger partial charge in [0.15, 0.2) is 0 Å². The maximum atomic E-state index is 12.6. The number of nitrogens with zero attached hydrogens (tertiary/aromatic N) is 1. The van der Waals surface area contributed by atoms with Gasteiger partial charge in [0.25, 0.3) is 0 Å². The molecule has 0 bridgehead atoms. The quantitative estimate of drug-likeness (QED) is 0.907. The second-order valence-corrected chi connectivity index (χ2v) is 6.24. The lowest BCUT2D eigenvalue weighted by molar-refractivity contribution is 0.187. The highest BCUT2D eigenvalue weighted by molar-refractivity contribution is 5.75. The van der Waals surface area contributed by atoms with E-state index >= 15 is 0 Å². The Morgan fingerprint density at radius 1 is 1.33 bits per heavy atom. The van der Waals surface area contributed by atoms with E-state index in [2.05, 4.69) is 5.32 Å². The summed E-state index contributed by atoms with van der Waals surface area (Å²) in [6.45, 7) is 4.39. The molecule has 1 aliphatic heterocycles. The summed E-state index contributed by atoms with van der Waals surface area (Å²) in [5, 5.41) is 12.6. The SMILES string of the molecule is Cc1ccc2c(c1)[C@@H](NC(=O)N(C)[C@H](C)c1cccc(O)c1)CO2. The molecule has 2 N–H and O–H groups in total. The molecule has 0 aliphatic carbocycles. The Labute approximate surface area is 141 Å². The lowest BCUT2D eigenvalue weighted by atomic mass is 10.1. The Balaban J connectivity index is 1.71. The summed E-state index contributed by atoms with van der Waals surface area (Å²) in [6.07, 6.45) is 0. The molecular formula is C19H22N2O3. The Morgan fingerprint density at radius 3 is 2.88 bits per heavy atom. The van der Waals surface area contributed by atoms with E-state index in [1.165, 1.54) is 0 Å². The first-order chi connectivity index (χ1) is 11.5. The van der Waals surface area contributed by atoms with Crippen molar-refractivity contribution in [1.82, 2.24) is 10.2 Å². The van der Waals surface area contributed by atoms with Gasteiger partial charge < -0.3 is 20.1 Å². The third kappa shape index (κ3) is 3.15. The van der Waals surface area contributed by atoms with E-state index in [0.717, 1.165) is 22.4 Å². The van der Waals surface area contributed by atoms with Crippen LogP contribution in [0.15, 0.2) is 42.5 Å². The maximum absolute atomic E-state index is 12.6. The number of benzene rings is 2. The molecule has 0 fully saturated rings. The summed E-state index contributed by atoms with van der Waals surface area (Å²) in [5.41, 5.74) is 3.04. The number of phenolic OH excluding ortho intramolecular Hbond substituents is 1. The number of urea groups is 1. The van der Waals surface area contributed by atoms with Crippen LogP contribution in [0.2, 0.25) is 0 Å². The molecule has 0 saturated heterocycles. The van der Waals surface area contributed by atoms with E-state index in [1.807, 2.05) is 38.1 Å². The maximum Gasteiger partial charge on any atom is 0.318 e. The van der Waals surface area contributed by atoms with Crippen LogP contribution in [0.5, 0.6) is 11.5 Å². The minimum absolute atomic E-state index is 0.147. The fourth-order valence-electron chi connectivity index (χ4n) is 2.89. The minimum atomic E-state index is -0.172. The van der Waals surface area contributed by atoms with Gasteiger partial charge in [-0.05, 0) is 37.6 Å². The van der Waals surface area contributed by atoms with Gasteiger partial charge in [0, 0.05) is 12.6 Å². The van der Waals surface area contributed by atoms with E-state index in [9.17, 15) is 9.90 Å². The number of aromatic hydroxyl groups is 1. The third-order valence-corrected chi connectivity index (χ3v) is 4.50. The van der Waals surface area contributed by atoms with E-state index in [4.69, 9.17) is 4.74 Å². The fourth-order valence-corrected chi connectivity index (χ4v) is 2.89. The highest BCUT2D eigenvalue weighted by Crippen LogP contribution is 2.33. The van der Waals surface area contributed by atoms with E-state index in [1.54, 1.807) is 30.1 Å². The van der Waals surface area contributed by atoms with Crippen LogP contribution in [0.1, 0.15) is 35.7 Å². The number of carbonyl (C=O) groups excluding carboxylic acids is 1. The molecule has 2 aromatic rings. The predicted octanol–water partition coefficient (Wildman–Crippen LogP) is 3.54. The molecule has 0 unspecified atom stereocenters. The normalized spacial score (nSPS) is 16.9. The van der Waals surface area contributed by atoms with Crippen LogP contribution in [0, 0.1) is 6.92 Å². The topological polar surface area (TPSA) is 61.8 Å². The second kappa shape index (κ2) is 6.43. The van der Waals surface area contributed by atoms with E-state index in [-0.39, 0.29) is 23.9 Å².